The molecule has 7 heteroatoms. The summed E-state index contributed by atoms with van der Waals surface area (Å²) >= 11 is 0. The van der Waals surface area contributed by atoms with E-state index in [1.807, 2.05) is 42.7 Å². The van der Waals surface area contributed by atoms with Crippen molar-refractivity contribution in [2.45, 2.75) is 13.1 Å². The number of hydrogen-bond donors (Lipinski definition) is 3. The average molecular weight is 508 g/mol. The minimum absolute atomic E-state index is 0.729. The van der Waals surface area contributed by atoms with Crippen molar-refractivity contribution in [3.63, 3.8) is 0 Å². The number of aromatic amines is 2. The third-order valence-corrected chi connectivity index (χ3v) is 6.92. The topological polar surface area (TPSA) is 95.2 Å². The third-order valence-electron chi connectivity index (χ3n) is 6.92. The van der Waals surface area contributed by atoms with Gasteiger partial charge in [-0.1, -0.05) is 48.5 Å². The first kappa shape index (κ1) is 23.0. The van der Waals surface area contributed by atoms with Crippen LogP contribution in [0.2, 0.25) is 0 Å². The molecule has 0 aliphatic rings. The maximum Gasteiger partial charge on any atom is 0.159 e. The molecule has 7 aromatic rings. The van der Waals surface area contributed by atoms with Crippen LogP contribution in [0, 0.1) is 0 Å². The van der Waals surface area contributed by atoms with Gasteiger partial charge in [-0.15, -0.1) is 0 Å². The predicted octanol–water partition coefficient (Wildman–Crippen LogP) is 6.52. The molecule has 39 heavy (non-hydrogen) atoms. The van der Waals surface area contributed by atoms with Gasteiger partial charge in [-0.25, -0.2) is 4.98 Å². The SMILES string of the molecule is c1ccc(CNCc2cncc(-c3ccc4[nH]nc(-c5nc6c(-c7ccncc7)cccc6[nH]5)c4c3)c2)cc1. The Balaban J connectivity index is 1.20. The Labute approximate surface area is 225 Å². The Morgan fingerprint density at radius 2 is 1.54 bits per heavy atom. The standard InChI is InChI=1S/C32H25N7/c1-2-5-21(6-3-1)17-34-18-22-15-25(20-35-19-22)24-9-10-28-27(16-24)31(39-38-28)32-36-29-8-4-7-26(30(29)37-32)23-11-13-33-14-12-23/h1-16,19-20,34H,17-18H2,(H,36,37)(H,38,39). The van der Waals surface area contributed by atoms with E-state index in [9.17, 15) is 0 Å². The number of fused-ring (bicyclic) bond motifs is 2. The molecule has 0 fully saturated rings. The molecule has 0 aliphatic carbocycles. The van der Waals surface area contributed by atoms with Crippen molar-refractivity contribution in [3.05, 3.63) is 121 Å². The number of imidazole rings is 1. The van der Waals surface area contributed by atoms with Crippen molar-refractivity contribution in [2.75, 3.05) is 0 Å². The average Bonchev–Trinajstić information content (AvgIpc) is 3.62. The first-order valence-corrected chi connectivity index (χ1v) is 12.9. The Kier molecular flexibility index (Phi) is 5.88. The summed E-state index contributed by atoms with van der Waals surface area (Å²) in [6.07, 6.45) is 7.42. The normalized spacial score (nSPS) is 11.4. The van der Waals surface area contributed by atoms with E-state index in [0.29, 0.717) is 0 Å². The van der Waals surface area contributed by atoms with Gasteiger partial charge in [0.05, 0.1) is 16.6 Å². The maximum absolute atomic E-state index is 4.98. The zero-order valence-electron chi connectivity index (χ0n) is 21.1. The second-order valence-corrected chi connectivity index (χ2v) is 9.53. The number of benzene rings is 3. The van der Waals surface area contributed by atoms with Gasteiger partial charge in [0.15, 0.2) is 5.82 Å². The van der Waals surface area contributed by atoms with E-state index in [-0.39, 0.29) is 0 Å². The van der Waals surface area contributed by atoms with E-state index in [1.54, 1.807) is 12.4 Å². The molecule has 0 aliphatic heterocycles. The number of nitrogens with zero attached hydrogens (tertiary/aromatic N) is 4. The highest BCUT2D eigenvalue weighted by molar-refractivity contribution is 5.98. The van der Waals surface area contributed by atoms with Crippen molar-refractivity contribution < 1.29 is 0 Å². The van der Waals surface area contributed by atoms with Crippen LogP contribution in [0.1, 0.15) is 11.1 Å². The zero-order chi connectivity index (χ0) is 26.0. The smallest absolute Gasteiger partial charge is 0.159 e. The second-order valence-electron chi connectivity index (χ2n) is 9.53. The van der Waals surface area contributed by atoms with Crippen LogP contribution in [0.15, 0.2) is 110 Å². The minimum Gasteiger partial charge on any atom is -0.337 e. The van der Waals surface area contributed by atoms with Gasteiger partial charge in [0.2, 0.25) is 0 Å². The van der Waals surface area contributed by atoms with Gasteiger partial charge in [-0.2, -0.15) is 5.10 Å². The number of hydrogen-bond acceptors (Lipinski definition) is 5. The summed E-state index contributed by atoms with van der Waals surface area (Å²) in [4.78, 5) is 17.1. The summed E-state index contributed by atoms with van der Waals surface area (Å²) < 4.78 is 0. The van der Waals surface area contributed by atoms with Crippen LogP contribution < -0.4 is 5.32 Å². The van der Waals surface area contributed by atoms with E-state index in [4.69, 9.17) is 4.98 Å². The summed E-state index contributed by atoms with van der Waals surface area (Å²) in [5.41, 5.74) is 10.3. The Hall–Kier alpha value is -5.14. The van der Waals surface area contributed by atoms with Gasteiger partial charge in [0.1, 0.15) is 5.69 Å². The monoisotopic (exact) mass is 507 g/mol. The molecule has 7 nitrogen and oxygen atoms in total. The lowest BCUT2D eigenvalue weighted by atomic mass is 10.0. The Morgan fingerprint density at radius 1 is 0.667 bits per heavy atom. The lowest BCUT2D eigenvalue weighted by molar-refractivity contribution is 0.691. The van der Waals surface area contributed by atoms with Crippen molar-refractivity contribution in [3.8, 4) is 33.8 Å². The molecule has 0 atom stereocenters. The lowest BCUT2D eigenvalue weighted by Gasteiger charge is -2.07. The van der Waals surface area contributed by atoms with Crippen LogP contribution in [-0.4, -0.2) is 30.1 Å². The summed E-state index contributed by atoms with van der Waals surface area (Å²) in [5, 5.41) is 12.3. The van der Waals surface area contributed by atoms with Crippen molar-refractivity contribution >= 4 is 21.9 Å². The number of pyridine rings is 2. The predicted molar refractivity (Wildman–Crippen MR) is 155 cm³/mol. The third kappa shape index (κ3) is 4.56. The van der Waals surface area contributed by atoms with E-state index in [1.165, 1.54) is 5.56 Å². The molecule has 4 aromatic heterocycles. The molecule has 7 rings (SSSR count). The van der Waals surface area contributed by atoms with Crippen LogP contribution in [-0.2, 0) is 13.1 Å². The molecule has 0 saturated heterocycles. The van der Waals surface area contributed by atoms with E-state index in [0.717, 1.165) is 74.4 Å². The molecule has 0 unspecified atom stereocenters. The number of rotatable bonds is 7. The van der Waals surface area contributed by atoms with Gasteiger partial charge in [-0.3, -0.25) is 15.1 Å². The quantitative estimate of drug-likeness (QED) is 0.228. The van der Waals surface area contributed by atoms with Crippen molar-refractivity contribution in [1.29, 1.82) is 0 Å². The molecule has 3 N–H and O–H groups in total. The van der Waals surface area contributed by atoms with Crippen LogP contribution >= 0.6 is 0 Å². The van der Waals surface area contributed by atoms with Crippen LogP contribution in [0.3, 0.4) is 0 Å². The fourth-order valence-corrected chi connectivity index (χ4v) is 4.97. The van der Waals surface area contributed by atoms with Crippen molar-refractivity contribution in [2.24, 2.45) is 0 Å². The van der Waals surface area contributed by atoms with Gasteiger partial charge < -0.3 is 10.3 Å². The van der Waals surface area contributed by atoms with Gasteiger partial charge in [0.25, 0.3) is 0 Å². The molecular formula is C32H25N7. The van der Waals surface area contributed by atoms with E-state index < -0.39 is 0 Å². The number of nitrogens with one attached hydrogen (secondary N) is 3. The molecule has 0 spiro atoms. The highest BCUT2D eigenvalue weighted by atomic mass is 15.1. The molecule has 0 radical (unpaired) electrons. The summed E-state index contributed by atoms with van der Waals surface area (Å²) in [5.74, 6) is 0.729. The lowest BCUT2D eigenvalue weighted by Crippen LogP contribution is -2.12. The highest BCUT2D eigenvalue weighted by Gasteiger charge is 2.16. The van der Waals surface area contributed by atoms with Gasteiger partial charge >= 0.3 is 0 Å². The molecular weight excluding hydrogens is 482 g/mol. The largest absolute Gasteiger partial charge is 0.337 e. The number of H-pyrrole nitrogens is 2. The van der Waals surface area contributed by atoms with Crippen LogP contribution in [0.4, 0.5) is 0 Å². The molecule has 0 bridgehead atoms. The van der Waals surface area contributed by atoms with Gasteiger partial charge in [-0.05, 0) is 58.7 Å². The molecule has 0 amide bonds. The summed E-state index contributed by atoms with van der Waals surface area (Å²) in [7, 11) is 0. The second kappa shape index (κ2) is 9.96. The Bertz CT molecular complexity index is 1890. The van der Waals surface area contributed by atoms with E-state index >= 15 is 0 Å². The number of aromatic nitrogens is 6. The minimum atomic E-state index is 0.729. The fourth-order valence-electron chi connectivity index (χ4n) is 4.97. The van der Waals surface area contributed by atoms with E-state index in [2.05, 4.69) is 85.1 Å². The highest BCUT2D eigenvalue weighted by Crippen LogP contribution is 2.33. The molecule has 3 aromatic carbocycles. The molecule has 4 heterocycles. The first-order valence-electron chi connectivity index (χ1n) is 12.9. The first-order chi connectivity index (χ1) is 19.3. The molecule has 0 saturated carbocycles. The van der Waals surface area contributed by atoms with Crippen LogP contribution in [0.25, 0.3) is 55.7 Å². The maximum atomic E-state index is 4.98. The van der Waals surface area contributed by atoms with Gasteiger partial charge in [0, 0.05) is 54.4 Å². The van der Waals surface area contributed by atoms with Crippen LogP contribution in [0.5, 0.6) is 0 Å². The Morgan fingerprint density at radius 3 is 2.44 bits per heavy atom. The molecule has 188 valence electrons. The fraction of sp³-hybridized carbons (Fsp3) is 0.0625. The number of para-hydroxylation sites is 1. The summed E-state index contributed by atoms with van der Waals surface area (Å²) in [6, 6.07) is 29.1. The van der Waals surface area contributed by atoms with Crippen molar-refractivity contribution in [1.82, 2.24) is 35.5 Å². The summed E-state index contributed by atoms with van der Waals surface area (Å²) in [6.45, 7) is 1.56. The zero-order valence-corrected chi connectivity index (χ0v) is 21.1.